The number of hydrogen-bond donors (Lipinski definition) is 0. The van der Waals surface area contributed by atoms with E-state index >= 15 is 0 Å². The van der Waals surface area contributed by atoms with Crippen LogP contribution in [-0.4, -0.2) is 5.78 Å². The van der Waals surface area contributed by atoms with E-state index in [4.69, 9.17) is 6.42 Å². The van der Waals surface area contributed by atoms with Gasteiger partial charge in [-0.2, -0.15) is 0 Å². The van der Waals surface area contributed by atoms with Crippen LogP contribution in [0, 0.1) is 18.3 Å². The number of terminal acetylenes is 1. The summed E-state index contributed by atoms with van der Waals surface area (Å²) in [5.41, 5.74) is 1.03. The number of carbonyl (C=O) groups is 1. The average Bonchev–Trinajstić information content (AvgIpc) is 2.10. The third-order valence-electron chi connectivity index (χ3n) is 1.54. The maximum Gasteiger partial charge on any atom is 0.157 e. The van der Waals surface area contributed by atoms with E-state index in [1.54, 1.807) is 6.08 Å². The highest BCUT2D eigenvalue weighted by molar-refractivity contribution is 5.93. The zero-order chi connectivity index (χ0) is 6.85. The van der Waals surface area contributed by atoms with Crippen LogP contribution in [0.2, 0.25) is 0 Å². The van der Waals surface area contributed by atoms with E-state index in [0.717, 1.165) is 5.57 Å². The van der Waals surface area contributed by atoms with Crippen molar-refractivity contribution in [3.8, 4) is 12.3 Å². The Bertz CT molecular complexity index is 205. The van der Waals surface area contributed by atoms with Gasteiger partial charge in [-0.3, -0.25) is 4.79 Å². The number of allylic oxidation sites excluding steroid dienone is 2. The fraction of sp³-hybridized carbons (Fsp3) is 0.375. The van der Waals surface area contributed by atoms with Gasteiger partial charge < -0.3 is 0 Å². The van der Waals surface area contributed by atoms with Gasteiger partial charge in [-0.1, -0.05) is 11.5 Å². The zero-order valence-electron chi connectivity index (χ0n) is 5.35. The number of carbonyl (C=O) groups excluding carboxylic acids is 1. The Morgan fingerprint density at radius 3 is 2.78 bits per heavy atom. The van der Waals surface area contributed by atoms with Gasteiger partial charge in [-0.15, -0.1) is 6.42 Å². The molecule has 46 valence electrons. The third-order valence-corrected chi connectivity index (χ3v) is 1.54. The van der Waals surface area contributed by atoms with Crippen LogP contribution in [0.1, 0.15) is 13.3 Å². The summed E-state index contributed by atoms with van der Waals surface area (Å²) in [7, 11) is 0. The second kappa shape index (κ2) is 2.06. The lowest BCUT2D eigenvalue weighted by molar-refractivity contribution is -0.114. The summed E-state index contributed by atoms with van der Waals surface area (Å²) in [5.74, 6) is 2.80. The quantitative estimate of drug-likeness (QED) is 0.438. The highest BCUT2D eigenvalue weighted by atomic mass is 16.1. The predicted molar refractivity (Wildman–Crippen MR) is 35.7 cm³/mol. The molecule has 1 atom stereocenters. The summed E-state index contributed by atoms with van der Waals surface area (Å²) < 4.78 is 0. The fourth-order valence-corrected chi connectivity index (χ4v) is 0.966. The van der Waals surface area contributed by atoms with Gasteiger partial charge in [0, 0.05) is 12.3 Å². The van der Waals surface area contributed by atoms with E-state index in [1.165, 1.54) is 0 Å². The first-order chi connectivity index (χ1) is 4.24. The summed E-state index contributed by atoms with van der Waals surface area (Å²) in [6.07, 6.45) is 7.29. The molecule has 9 heavy (non-hydrogen) atoms. The van der Waals surface area contributed by atoms with Crippen molar-refractivity contribution in [3.63, 3.8) is 0 Å². The minimum atomic E-state index is 0.0810. The van der Waals surface area contributed by atoms with Crippen LogP contribution in [0.25, 0.3) is 0 Å². The van der Waals surface area contributed by atoms with E-state index in [2.05, 4.69) is 5.92 Å². The van der Waals surface area contributed by atoms with Crippen LogP contribution in [0.3, 0.4) is 0 Å². The number of rotatable bonds is 0. The van der Waals surface area contributed by atoms with Crippen molar-refractivity contribution in [2.45, 2.75) is 13.3 Å². The monoisotopic (exact) mass is 120 g/mol. The maximum absolute atomic E-state index is 10.7. The minimum Gasteiger partial charge on any atom is -0.295 e. The van der Waals surface area contributed by atoms with Gasteiger partial charge in [0.2, 0.25) is 0 Å². The maximum atomic E-state index is 10.7. The number of ketones is 1. The molecule has 0 aliphatic heterocycles. The molecule has 0 aromatic rings. The molecule has 0 aromatic heterocycles. The van der Waals surface area contributed by atoms with Crippen LogP contribution in [-0.2, 0) is 4.79 Å². The van der Waals surface area contributed by atoms with Crippen molar-refractivity contribution < 1.29 is 4.79 Å². The first kappa shape index (κ1) is 6.10. The van der Waals surface area contributed by atoms with Gasteiger partial charge in [0.05, 0.1) is 0 Å². The van der Waals surface area contributed by atoms with E-state index in [-0.39, 0.29) is 11.7 Å². The summed E-state index contributed by atoms with van der Waals surface area (Å²) in [6.45, 7) is 1.90. The molecule has 0 bridgehead atoms. The summed E-state index contributed by atoms with van der Waals surface area (Å²) in [4.78, 5) is 10.7. The summed E-state index contributed by atoms with van der Waals surface area (Å²) >= 11 is 0. The topological polar surface area (TPSA) is 17.1 Å². The van der Waals surface area contributed by atoms with Gasteiger partial charge in [0.15, 0.2) is 5.78 Å². The Morgan fingerprint density at radius 1 is 1.89 bits per heavy atom. The molecule has 0 fully saturated rings. The van der Waals surface area contributed by atoms with E-state index in [9.17, 15) is 4.79 Å². The minimum absolute atomic E-state index is 0.0810. The predicted octanol–water partition coefficient (Wildman–Crippen LogP) is 1.15. The van der Waals surface area contributed by atoms with Crippen molar-refractivity contribution in [2.24, 2.45) is 5.92 Å². The smallest absolute Gasteiger partial charge is 0.157 e. The molecule has 1 aliphatic carbocycles. The van der Waals surface area contributed by atoms with Gasteiger partial charge in [-0.05, 0) is 13.0 Å². The molecule has 0 amide bonds. The Morgan fingerprint density at radius 2 is 2.56 bits per heavy atom. The van der Waals surface area contributed by atoms with E-state index in [0.29, 0.717) is 6.42 Å². The van der Waals surface area contributed by atoms with Crippen molar-refractivity contribution in [3.05, 3.63) is 11.6 Å². The lowest BCUT2D eigenvalue weighted by Gasteiger charge is -1.97. The molecule has 0 saturated heterocycles. The van der Waals surface area contributed by atoms with Crippen LogP contribution in [0.5, 0.6) is 0 Å². The number of hydrogen-bond acceptors (Lipinski definition) is 1. The van der Waals surface area contributed by atoms with Crippen molar-refractivity contribution in [1.29, 1.82) is 0 Å². The van der Waals surface area contributed by atoms with Gasteiger partial charge in [0.25, 0.3) is 0 Å². The van der Waals surface area contributed by atoms with Crippen molar-refractivity contribution in [2.75, 3.05) is 0 Å². The largest absolute Gasteiger partial charge is 0.295 e. The molecular formula is C8H8O. The summed E-state index contributed by atoms with van der Waals surface area (Å²) in [6, 6.07) is 0. The molecule has 0 N–H and O–H groups in total. The highest BCUT2D eigenvalue weighted by Crippen LogP contribution is 2.21. The lowest BCUT2D eigenvalue weighted by atomic mass is 10.1. The molecule has 0 saturated carbocycles. The third kappa shape index (κ3) is 1.02. The zero-order valence-corrected chi connectivity index (χ0v) is 5.35. The fourth-order valence-electron chi connectivity index (χ4n) is 0.966. The first-order valence-corrected chi connectivity index (χ1v) is 2.91. The van der Waals surface area contributed by atoms with Gasteiger partial charge in [-0.25, -0.2) is 0 Å². The van der Waals surface area contributed by atoms with Gasteiger partial charge >= 0.3 is 0 Å². The second-order valence-corrected chi connectivity index (χ2v) is 2.28. The van der Waals surface area contributed by atoms with Gasteiger partial charge in [0.1, 0.15) is 0 Å². The molecular weight excluding hydrogens is 112 g/mol. The highest BCUT2D eigenvalue weighted by Gasteiger charge is 2.18. The van der Waals surface area contributed by atoms with Crippen LogP contribution in [0.15, 0.2) is 11.6 Å². The molecule has 1 nitrogen and oxygen atoms in total. The van der Waals surface area contributed by atoms with Crippen molar-refractivity contribution in [1.82, 2.24) is 0 Å². The molecule has 1 unspecified atom stereocenters. The molecule has 0 aromatic carbocycles. The molecule has 0 spiro atoms. The standard InChI is InChI=1S/C8H8O/c1-3-7-5-8(9)4-6(7)2/h1,4,7H,5H2,2H3. The van der Waals surface area contributed by atoms with Crippen LogP contribution >= 0.6 is 0 Å². The molecule has 0 heterocycles. The Balaban J connectivity index is 2.79. The van der Waals surface area contributed by atoms with Crippen LogP contribution in [0.4, 0.5) is 0 Å². The Labute approximate surface area is 54.8 Å². The van der Waals surface area contributed by atoms with Crippen molar-refractivity contribution >= 4 is 5.78 Å². The van der Waals surface area contributed by atoms with Crippen LogP contribution < -0.4 is 0 Å². The Kier molecular flexibility index (Phi) is 1.40. The van der Waals surface area contributed by atoms with E-state index in [1.807, 2.05) is 6.92 Å². The van der Waals surface area contributed by atoms with E-state index < -0.39 is 0 Å². The normalized spacial score (nSPS) is 25.6. The second-order valence-electron chi connectivity index (χ2n) is 2.28. The molecule has 1 aliphatic rings. The Hall–Kier alpha value is -1.03. The first-order valence-electron chi connectivity index (χ1n) is 2.91. The molecule has 1 rings (SSSR count). The summed E-state index contributed by atoms with van der Waals surface area (Å²) in [5, 5.41) is 0. The molecule has 1 heteroatoms. The molecule has 0 radical (unpaired) electrons. The SMILES string of the molecule is C#CC1CC(=O)C=C1C. The average molecular weight is 120 g/mol. The lowest BCUT2D eigenvalue weighted by Crippen LogP contribution is -1.94.